The smallest absolute Gasteiger partial charge is 0.417 e. The minimum absolute atomic E-state index is 0.0908. The number of nitrogens with zero attached hydrogens (tertiary/aromatic N) is 3. The standard InChI is InChI=1S/C26H19ClF3N3O4/c1-13-9-14(5-7-17(13)25(36)37)23-18-8-6-15(32-11-16(34)12-32)10-21(18)33(31-23)24(35)22-19(26(28,29)30)3-2-4-20(22)27/h2-10,16,34H,11-12H2,1H3,(H,36,37). The van der Waals surface area contributed by atoms with Crippen LogP contribution >= 0.6 is 11.6 Å². The zero-order valence-electron chi connectivity index (χ0n) is 19.3. The van der Waals surface area contributed by atoms with Crippen LogP contribution in [0.25, 0.3) is 22.2 Å². The molecule has 0 spiro atoms. The van der Waals surface area contributed by atoms with Gasteiger partial charge in [-0.25, -0.2) is 4.79 Å². The van der Waals surface area contributed by atoms with Gasteiger partial charge in [-0.15, -0.1) is 0 Å². The van der Waals surface area contributed by atoms with E-state index in [-0.39, 0.29) is 16.1 Å². The maximum Gasteiger partial charge on any atom is 0.417 e. The number of benzene rings is 3. The molecular formula is C26H19ClF3N3O4. The van der Waals surface area contributed by atoms with E-state index in [9.17, 15) is 33.0 Å². The van der Waals surface area contributed by atoms with Crippen molar-refractivity contribution < 1.29 is 33.0 Å². The number of β-amino-alcohol motifs (C(OH)–C–C–N with tert-alkyl or cyclic N) is 1. The lowest BCUT2D eigenvalue weighted by Gasteiger charge is -2.37. The summed E-state index contributed by atoms with van der Waals surface area (Å²) >= 11 is 6.10. The minimum Gasteiger partial charge on any atom is -0.478 e. The van der Waals surface area contributed by atoms with Crippen molar-refractivity contribution >= 4 is 40.1 Å². The van der Waals surface area contributed by atoms with Crippen LogP contribution in [-0.2, 0) is 6.18 Å². The lowest BCUT2D eigenvalue weighted by Crippen LogP contribution is -2.50. The van der Waals surface area contributed by atoms with E-state index in [4.69, 9.17) is 11.6 Å². The van der Waals surface area contributed by atoms with Crippen LogP contribution in [0.15, 0.2) is 54.6 Å². The van der Waals surface area contributed by atoms with Gasteiger partial charge in [0, 0.05) is 29.7 Å². The zero-order chi connectivity index (χ0) is 26.6. The van der Waals surface area contributed by atoms with E-state index in [2.05, 4.69) is 5.10 Å². The molecule has 5 rings (SSSR count). The summed E-state index contributed by atoms with van der Waals surface area (Å²) in [6, 6.07) is 12.7. The van der Waals surface area contributed by atoms with Crippen molar-refractivity contribution in [1.29, 1.82) is 0 Å². The van der Waals surface area contributed by atoms with Gasteiger partial charge in [-0.3, -0.25) is 4.79 Å². The van der Waals surface area contributed by atoms with Crippen molar-refractivity contribution in [3.63, 3.8) is 0 Å². The number of hydrogen-bond acceptors (Lipinski definition) is 5. The zero-order valence-corrected chi connectivity index (χ0v) is 20.0. The molecule has 2 heterocycles. The maximum absolute atomic E-state index is 13.8. The third kappa shape index (κ3) is 4.32. The Labute approximate surface area is 213 Å². The largest absolute Gasteiger partial charge is 0.478 e. The van der Waals surface area contributed by atoms with Crippen LogP contribution in [0.4, 0.5) is 18.9 Å². The van der Waals surface area contributed by atoms with Crippen molar-refractivity contribution in [3.05, 3.63) is 81.9 Å². The number of aromatic carboxylic acids is 1. The number of aromatic nitrogens is 2. The van der Waals surface area contributed by atoms with Gasteiger partial charge < -0.3 is 15.1 Å². The number of carbonyl (C=O) groups is 2. The first kappa shape index (κ1) is 24.8. The van der Waals surface area contributed by atoms with Crippen molar-refractivity contribution in [2.75, 3.05) is 18.0 Å². The molecule has 1 saturated heterocycles. The summed E-state index contributed by atoms with van der Waals surface area (Å²) in [5.41, 5.74) is 0.316. The summed E-state index contributed by atoms with van der Waals surface area (Å²) in [7, 11) is 0. The number of aliphatic hydroxyl groups is 1. The number of carbonyl (C=O) groups excluding carboxylic acids is 1. The van der Waals surface area contributed by atoms with Crippen molar-refractivity contribution in [1.82, 2.24) is 9.78 Å². The average Bonchev–Trinajstić information content (AvgIpc) is 3.19. The predicted molar refractivity (Wildman–Crippen MR) is 131 cm³/mol. The van der Waals surface area contributed by atoms with Gasteiger partial charge in [-0.1, -0.05) is 23.7 Å². The number of aliphatic hydroxyl groups excluding tert-OH is 1. The number of carboxylic acids is 1. The Balaban J connectivity index is 1.73. The first-order valence-electron chi connectivity index (χ1n) is 11.2. The molecule has 1 aliphatic heterocycles. The summed E-state index contributed by atoms with van der Waals surface area (Å²) in [4.78, 5) is 26.9. The molecule has 190 valence electrons. The number of aryl methyl sites for hydroxylation is 1. The van der Waals surface area contributed by atoms with Crippen LogP contribution in [0.2, 0.25) is 5.02 Å². The van der Waals surface area contributed by atoms with Gasteiger partial charge in [0.1, 0.15) is 5.69 Å². The van der Waals surface area contributed by atoms with Crippen molar-refractivity contribution in [2.24, 2.45) is 0 Å². The predicted octanol–water partition coefficient (Wildman–Crippen LogP) is 5.25. The minimum atomic E-state index is -4.83. The summed E-state index contributed by atoms with van der Waals surface area (Å²) < 4.78 is 42.2. The van der Waals surface area contributed by atoms with Crippen molar-refractivity contribution in [2.45, 2.75) is 19.2 Å². The quantitative estimate of drug-likeness (QED) is 0.375. The molecule has 0 radical (unpaired) electrons. The van der Waals surface area contributed by atoms with Gasteiger partial charge in [-0.05, 0) is 55.0 Å². The number of alkyl halides is 3. The Kier molecular flexibility index (Phi) is 5.96. The normalized spacial score (nSPS) is 14.2. The molecule has 11 heteroatoms. The van der Waals surface area contributed by atoms with E-state index in [1.807, 2.05) is 4.90 Å². The molecule has 0 unspecified atom stereocenters. The highest BCUT2D eigenvalue weighted by atomic mass is 35.5. The third-order valence-corrected chi connectivity index (χ3v) is 6.66. The number of halogens is 4. The molecule has 0 bridgehead atoms. The summed E-state index contributed by atoms with van der Waals surface area (Å²) in [5, 5.41) is 23.6. The summed E-state index contributed by atoms with van der Waals surface area (Å²) in [5.74, 6) is -2.16. The monoisotopic (exact) mass is 529 g/mol. The van der Waals surface area contributed by atoms with Gasteiger partial charge in [0.2, 0.25) is 0 Å². The van der Waals surface area contributed by atoms with Gasteiger partial charge in [0.15, 0.2) is 0 Å². The Morgan fingerprint density at radius 3 is 2.43 bits per heavy atom. The van der Waals surface area contributed by atoms with Gasteiger partial charge in [-0.2, -0.15) is 23.0 Å². The van der Waals surface area contributed by atoms with E-state index in [1.165, 1.54) is 18.2 Å². The van der Waals surface area contributed by atoms with Gasteiger partial charge in [0.05, 0.1) is 33.3 Å². The number of carboxylic acid groups (broad SMARTS) is 1. The topological polar surface area (TPSA) is 95.7 Å². The van der Waals surface area contributed by atoms with Crippen LogP contribution in [0, 0.1) is 6.92 Å². The van der Waals surface area contributed by atoms with E-state index in [0.717, 1.165) is 16.8 Å². The summed E-state index contributed by atoms with van der Waals surface area (Å²) in [6.07, 6.45) is -5.32. The molecule has 1 aliphatic rings. The molecule has 0 aliphatic carbocycles. The Morgan fingerprint density at radius 2 is 1.81 bits per heavy atom. The molecule has 37 heavy (non-hydrogen) atoms. The van der Waals surface area contributed by atoms with E-state index in [0.29, 0.717) is 41.0 Å². The first-order valence-corrected chi connectivity index (χ1v) is 11.5. The maximum atomic E-state index is 13.8. The Hall–Kier alpha value is -3.89. The second-order valence-electron chi connectivity index (χ2n) is 8.82. The molecule has 1 aromatic heterocycles. The fourth-order valence-corrected chi connectivity index (χ4v) is 4.72. The van der Waals surface area contributed by atoms with Crippen molar-refractivity contribution in [3.8, 4) is 11.3 Å². The van der Waals surface area contributed by atoms with Gasteiger partial charge >= 0.3 is 12.1 Å². The van der Waals surface area contributed by atoms with E-state index in [1.54, 1.807) is 31.2 Å². The number of rotatable bonds is 4. The highest BCUT2D eigenvalue weighted by Crippen LogP contribution is 2.38. The molecule has 3 aromatic carbocycles. The lowest BCUT2D eigenvalue weighted by molar-refractivity contribution is -0.137. The van der Waals surface area contributed by atoms with Crippen LogP contribution in [0.1, 0.15) is 31.8 Å². The molecule has 0 atom stereocenters. The summed E-state index contributed by atoms with van der Waals surface area (Å²) in [6.45, 7) is 2.36. The van der Waals surface area contributed by atoms with Crippen LogP contribution in [-0.4, -0.2) is 51.1 Å². The Bertz CT molecular complexity index is 1580. The number of fused-ring (bicyclic) bond motifs is 1. The molecular weight excluding hydrogens is 511 g/mol. The lowest BCUT2D eigenvalue weighted by atomic mass is 10.0. The Morgan fingerprint density at radius 1 is 1.08 bits per heavy atom. The van der Waals surface area contributed by atoms with Crippen LogP contribution < -0.4 is 4.90 Å². The molecule has 1 fully saturated rings. The van der Waals surface area contributed by atoms with E-state index < -0.39 is 35.3 Å². The second-order valence-corrected chi connectivity index (χ2v) is 9.23. The molecule has 2 N–H and O–H groups in total. The first-order chi connectivity index (χ1) is 17.5. The highest BCUT2D eigenvalue weighted by Gasteiger charge is 2.37. The molecule has 7 nitrogen and oxygen atoms in total. The third-order valence-electron chi connectivity index (χ3n) is 6.35. The number of hydrogen-bond donors (Lipinski definition) is 2. The average molecular weight is 530 g/mol. The van der Waals surface area contributed by atoms with Crippen LogP contribution in [0.5, 0.6) is 0 Å². The van der Waals surface area contributed by atoms with E-state index >= 15 is 0 Å². The molecule has 0 amide bonds. The van der Waals surface area contributed by atoms with Gasteiger partial charge in [0.25, 0.3) is 5.91 Å². The fourth-order valence-electron chi connectivity index (χ4n) is 4.47. The van der Waals surface area contributed by atoms with Crippen LogP contribution in [0.3, 0.4) is 0 Å². The number of anilines is 1. The molecule has 4 aromatic rings. The second kappa shape index (κ2) is 8.89. The SMILES string of the molecule is Cc1cc(-c2nn(C(=O)c3c(Cl)cccc3C(F)(F)F)c3cc(N4CC(O)C4)ccc23)ccc1C(=O)O. The highest BCUT2D eigenvalue weighted by molar-refractivity contribution is 6.34. The molecule has 0 saturated carbocycles. The fraction of sp³-hybridized carbons (Fsp3) is 0.192.